The third-order valence-electron chi connectivity index (χ3n) is 1.68. The second-order valence-electron chi connectivity index (χ2n) is 2.58. The van der Waals surface area contributed by atoms with E-state index in [1.165, 1.54) is 0 Å². The van der Waals surface area contributed by atoms with E-state index in [9.17, 15) is 0 Å². The second kappa shape index (κ2) is 8.60. The third kappa shape index (κ3) is 5.19. The van der Waals surface area contributed by atoms with Crippen molar-refractivity contribution in [3.05, 3.63) is 12.7 Å². The molecule has 0 aliphatic carbocycles. The summed E-state index contributed by atoms with van der Waals surface area (Å²) in [5, 5.41) is 7.43. The molecule has 3 heteroatoms. The number of ether oxygens (including phenoxy) is 1. The number of rotatable bonds is 5. The molecule has 0 aliphatic rings. The molecule has 0 spiro atoms. The van der Waals surface area contributed by atoms with E-state index in [0.717, 1.165) is 19.3 Å². The van der Waals surface area contributed by atoms with E-state index in [0.29, 0.717) is 5.90 Å². The third-order valence-corrected chi connectivity index (χ3v) is 1.68. The SMILES string of the molecule is C=CC[C@@H](CCC)C(=N)OC.Cl. The molecule has 0 aromatic rings. The van der Waals surface area contributed by atoms with Crippen molar-refractivity contribution in [2.24, 2.45) is 5.92 Å². The monoisotopic (exact) mass is 191 g/mol. The van der Waals surface area contributed by atoms with Crippen molar-refractivity contribution >= 4 is 18.3 Å². The highest BCUT2D eigenvalue weighted by Crippen LogP contribution is 2.13. The van der Waals surface area contributed by atoms with Crippen LogP contribution in [-0.4, -0.2) is 13.0 Å². The van der Waals surface area contributed by atoms with E-state index in [1.807, 2.05) is 6.08 Å². The summed E-state index contributed by atoms with van der Waals surface area (Å²) in [7, 11) is 1.55. The van der Waals surface area contributed by atoms with Crippen molar-refractivity contribution in [1.82, 2.24) is 0 Å². The molecule has 0 unspecified atom stereocenters. The fraction of sp³-hybridized carbons (Fsp3) is 0.667. The summed E-state index contributed by atoms with van der Waals surface area (Å²) in [6, 6.07) is 0. The number of hydrogen-bond acceptors (Lipinski definition) is 2. The molecule has 0 rings (SSSR count). The molecule has 1 atom stereocenters. The molecule has 0 radical (unpaired) electrons. The van der Waals surface area contributed by atoms with Gasteiger partial charge in [-0.15, -0.1) is 19.0 Å². The number of methoxy groups -OCH3 is 1. The van der Waals surface area contributed by atoms with Crippen LogP contribution in [0.1, 0.15) is 26.2 Å². The summed E-state index contributed by atoms with van der Waals surface area (Å²) in [4.78, 5) is 0. The minimum Gasteiger partial charge on any atom is -0.484 e. The lowest BCUT2D eigenvalue weighted by Gasteiger charge is -2.13. The van der Waals surface area contributed by atoms with Crippen molar-refractivity contribution in [3.8, 4) is 0 Å². The molecule has 0 aromatic carbocycles. The van der Waals surface area contributed by atoms with Gasteiger partial charge in [-0.1, -0.05) is 19.4 Å². The first kappa shape index (κ1) is 14.0. The maximum Gasteiger partial charge on any atom is 0.183 e. The average molecular weight is 192 g/mol. The van der Waals surface area contributed by atoms with Gasteiger partial charge in [0.25, 0.3) is 0 Å². The molecule has 0 amide bonds. The lowest BCUT2D eigenvalue weighted by atomic mass is 10.00. The molecular weight excluding hydrogens is 174 g/mol. The largest absolute Gasteiger partial charge is 0.484 e. The van der Waals surface area contributed by atoms with E-state index in [-0.39, 0.29) is 18.3 Å². The fourth-order valence-corrected chi connectivity index (χ4v) is 1.07. The Kier molecular flexibility index (Phi) is 10.1. The minimum atomic E-state index is 0. The van der Waals surface area contributed by atoms with Gasteiger partial charge in [0, 0.05) is 5.92 Å². The summed E-state index contributed by atoms with van der Waals surface area (Å²) < 4.78 is 4.85. The molecule has 12 heavy (non-hydrogen) atoms. The molecule has 0 fully saturated rings. The van der Waals surface area contributed by atoms with Crippen LogP contribution in [0.3, 0.4) is 0 Å². The lowest BCUT2D eigenvalue weighted by molar-refractivity contribution is 0.354. The molecule has 0 heterocycles. The number of nitrogens with one attached hydrogen (secondary N) is 1. The van der Waals surface area contributed by atoms with Gasteiger partial charge in [0.05, 0.1) is 7.11 Å². The normalized spacial score (nSPS) is 11.2. The number of hydrogen-bond donors (Lipinski definition) is 1. The molecular formula is C9H18ClNO. The van der Waals surface area contributed by atoms with Gasteiger partial charge in [-0.2, -0.15) is 0 Å². The van der Waals surface area contributed by atoms with Crippen LogP contribution in [0, 0.1) is 11.3 Å². The smallest absolute Gasteiger partial charge is 0.183 e. The van der Waals surface area contributed by atoms with Crippen LogP contribution in [0.5, 0.6) is 0 Å². The van der Waals surface area contributed by atoms with Gasteiger partial charge in [0.2, 0.25) is 0 Å². The van der Waals surface area contributed by atoms with Crippen LogP contribution < -0.4 is 0 Å². The number of halogens is 1. The molecule has 72 valence electrons. The Labute approximate surface area is 80.9 Å². The summed E-state index contributed by atoms with van der Waals surface area (Å²) in [5.41, 5.74) is 0. The van der Waals surface area contributed by atoms with Crippen LogP contribution in [0.15, 0.2) is 12.7 Å². The van der Waals surface area contributed by atoms with Gasteiger partial charge in [-0.25, -0.2) is 0 Å². The van der Waals surface area contributed by atoms with E-state index < -0.39 is 0 Å². The predicted octanol–water partition coefficient (Wildman–Crippen LogP) is 3.02. The highest BCUT2D eigenvalue weighted by atomic mass is 35.5. The van der Waals surface area contributed by atoms with Crippen LogP contribution in [0.25, 0.3) is 0 Å². The van der Waals surface area contributed by atoms with Gasteiger partial charge in [-0.3, -0.25) is 5.41 Å². The van der Waals surface area contributed by atoms with Gasteiger partial charge >= 0.3 is 0 Å². The molecule has 0 aliphatic heterocycles. The highest BCUT2D eigenvalue weighted by molar-refractivity contribution is 5.85. The Bertz CT molecular complexity index is 136. The standard InChI is InChI=1S/C9H17NO.ClH/c1-4-6-8(7-5-2)9(10)11-3;/h4,8,10H,1,5-7H2,2-3H3;1H/t8-;/m0./s1. The first-order valence-corrected chi connectivity index (χ1v) is 3.99. The minimum absolute atomic E-state index is 0. The van der Waals surface area contributed by atoms with Crippen molar-refractivity contribution in [3.63, 3.8) is 0 Å². The maximum absolute atomic E-state index is 7.43. The zero-order valence-electron chi connectivity index (χ0n) is 7.80. The van der Waals surface area contributed by atoms with Crippen LogP contribution in [0.2, 0.25) is 0 Å². The lowest BCUT2D eigenvalue weighted by Crippen LogP contribution is -2.14. The average Bonchev–Trinajstić information content (AvgIpc) is 2.03. The highest BCUT2D eigenvalue weighted by Gasteiger charge is 2.11. The zero-order chi connectivity index (χ0) is 8.69. The Balaban J connectivity index is 0. The van der Waals surface area contributed by atoms with E-state index in [2.05, 4.69) is 13.5 Å². The molecule has 0 bridgehead atoms. The zero-order valence-corrected chi connectivity index (χ0v) is 8.62. The molecule has 2 nitrogen and oxygen atoms in total. The van der Waals surface area contributed by atoms with E-state index in [4.69, 9.17) is 10.1 Å². The van der Waals surface area contributed by atoms with Crippen LogP contribution in [-0.2, 0) is 4.74 Å². The van der Waals surface area contributed by atoms with Gasteiger partial charge in [-0.05, 0) is 12.8 Å². The molecule has 0 saturated heterocycles. The molecule has 0 saturated carbocycles. The van der Waals surface area contributed by atoms with E-state index in [1.54, 1.807) is 7.11 Å². The Morgan fingerprint density at radius 1 is 1.67 bits per heavy atom. The summed E-state index contributed by atoms with van der Waals surface area (Å²) in [5.74, 6) is 0.620. The number of allylic oxidation sites excluding steroid dienone is 1. The predicted molar refractivity (Wildman–Crippen MR) is 55.2 cm³/mol. The topological polar surface area (TPSA) is 33.1 Å². The Morgan fingerprint density at radius 2 is 2.25 bits per heavy atom. The van der Waals surface area contributed by atoms with Crippen molar-refractivity contribution in [2.75, 3.05) is 7.11 Å². The van der Waals surface area contributed by atoms with E-state index >= 15 is 0 Å². The quantitative estimate of drug-likeness (QED) is 0.405. The summed E-state index contributed by atoms with van der Waals surface area (Å²) in [6.07, 6.45) is 4.79. The Morgan fingerprint density at radius 3 is 2.58 bits per heavy atom. The Hall–Kier alpha value is -0.500. The van der Waals surface area contributed by atoms with Crippen LogP contribution in [0.4, 0.5) is 0 Å². The maximum atomic E-state index is 7.43. The van der Waals surface area contributed by atoms with Crippen molar-refractivity contribution in [2.45, 2.75) is 26.2 Å². The fourth-order valence-electron chi connectivity index (χ4n) is 1.07. The van der Waals surface area contributed by atoms with Gasteiger partial charge in [0.1, 0.15) is 0 Å². The molecule has 1 N–H and O–H groups in total. The second-order valence-corrected chi connectivity index (χ2v) is 2.58. The van der Waals surface area contributed by atoms with Gasteiger partial charge in [0.15, 0.2) is 5.90 Å². The van der Waals surface area contributed by atoms with Crippen molar-refractivity contribution in [1.29, 1.82) is 5.41 Å². The molecule has 0 aromatic heterocycles. The summed E-state index contributed by atoms with van der Waals surface area (Å²) >= 11 is 0. The first-order chi connectivity index (χ1) is 5.26. The van der Waals surface area contributed by atoms with Crippen LogP contribution >= 0.6 is 12.4 Å². The summed E-state index contributed by atoms with van der Waals surface area (Å²) in [6.45, 7) is 5.76. The first-order valence-electron chi connectivity index (χ1n) is 3.99. The van der Waals surface area contributed by atoms with Gasteiger partial charge < -0.3 is 4.74 Å². The van der Waals surface area contributed by atoms with Crippen molar-refractivity contribution < 1.29 is 4.74 Å².